The van der Waals surface area contributed by atoms with Crippen molar-refractivity contribution in [3.8, 4) is 0 Å². The van der Waals surface area contributed by atoms with Crippen LogP contribution in [-0.2, 0) is 20.7 Å². The van der Waals surface area contributed by atoms with Crippen LogP contribution in [0.3, 0.4) is 0 Å². The molecule has 17 heavy (non-hydrogen) atoms. The lowest BCUT2D eigenvalue weighted by Crippen LogP contribution is -2.44. The maximum Gasteiger partial charge on any atom is 0.330 e. The molecule has 1 heterocycles. The van der Waals surface area contributed by atoms with E-state index >= 15 is 0 Å². The number of pyridine rings is 1. The largest absolute Gasteiger partial charge is 0.467 e. The predicted octanol–water partition coefficient (Wildman–Crippen LogP) is -0.726. The van der Waals surface area contributed by atoms with Crippen molar-refractivity contribution >= 4 is 11.9 Å². The highest BCUT2D eigenvalue weighted by Gasteiger charge is 2.20. The first kappa shape index (κ1) is 13.1. The van der Waals surface area contributed by atoms with Gasteiger partial charge in [0.1, 0.15) is 0 Å². The summed E-state index contributed by atoms with van der Waals surface area (Å²) < 4.78 is 4.43. The van der Waals surface area contributed by atoms with E-state index in [-0.39, 0.29) is 6.42 Å². The van der Waals surface area contributed by atoms with Crippen molar-refractivity contribution in [1.82, 2.24) is 10.3 Å². The number of rotatable bonds is 5. The van der Waals surface area contributed by atoms with E-state index in [1.54, 1.807) is 24.4 Å². The van der Waals surface area contributed by atoms with E-state index in [0.717, 1.165) is 0 Å². The van der Waals surface area contributed by atoms with E-state index in [2.05, 4.69) is 15.0 Å². The maximum atomic E-state index is 11.5. The summed E-state index contributed by atoms with van der Waals surface area (Å²) in [6.07, 6.45) is 1.63. The van der Waals surface area contributed by atoms with Crippen LogP contribution in [0.1, 0.15) is 5.69 Å². The van der Waals surface area contributed by atoms with Gasteiger partial charge in [0.15, 0.2) is 6.04 Å². The van der Waals surface area contributed by atoms with Crippen LogP contribution < -0.4 is 5.32 Å². The van der Waals surface area contributed by atoms with Gasteiger partial charge in [-0.2, -0.15) is 0 Å². The number of methoxy groups -OCH3 is 1. The predicted molar refractivity (Wildman–Crippen MR) is 59.0 cm³/mol. The standard InChI is InChI=1S/C11H14N2O4/c1-17-11(16)9(7-14)13-10(15)6-8-4-2-3-5-12-8/h2-5,9,14H,6-7H2,1H3,(H,13,15). The Morgan fingerprint density at radius 1 is 1.53 bits per heavy atom. The Bertz CT molecular complexity index is 380. The van der Waals surface area contributed by atoms with Gasteiger partial charge in [0.2, 0.25) is 5.91 Å². The summed E-state index contributed by atoms with van der Waals surface area (Å²) in [6.45, 7) is -0.499. The molecule has 0 fully saturated rings. The second-order valence-corrected chi connectivity index (χ2v) is 3.32. The lowest BCUT2D eigenvalue weighted by molar-refractivity contribution is -0.146. The van der Waals surface area contributed by atoms with Crippen molar-refractivity contribution in [3.63, 3.8) is 0 Å². The fourth-order valence-corrected chi connectivity index (χ4v) is 1.23. The summed E-state index contributed by atoms with van der Waals surface area (Å²) in [6, 6.07) is 4.17. The number of aliphatic hydroxyl groups excluding tert-OH is 1. The molecule has 0 aliphatic heterocycles. The molecule has 1 amide bonds. The number of nitrogens with zero attached hydrogens (tertiary/aromatic N) is 1. The first-order chi connectivity index (χ1) is 8.17. The van der Waals surface area contributed by atoms with Gasteiger partial charge < -0.3 is 15.2 Å². The molecule has 6 nitrogen and oxygen atoms in total. The molecule has 1 aromatic rings. The number of hydrogen-bond donors (Lipinski definition) is 2. The molecule has 1 rings (SSSR count). The number of carbonyl (C=O) groups excluding carboxylic acids is 2. The van der Waals surface area contributed by atoms with Gasteiger partial charge in [-0.15, -0.1) is 0 Å². The van der Waals surface area contributed by atoms with E-state index < -0.39 is 24.5 Å². The lowest BCUT2D eigenvalue weighted by Gasteiger charge is -2.13. The van der Waals surface area contributed by atoms with Crippen molar-refractivity contribution in [3.05, 3.63) is 30.1 Å². The lowest BCUT2D eigenvalue weighted by atomic mass is 10.2. The van der Waals surface area contributed by atoms with Crippen LogP contribution in [0, 0.1) is 0 Å². The van der Waals surface area contributed by atoms with Crippen LogP contribution in [0.25, 0.3) is 0 Å². The quantitative estimate of drug-likeness (QED) is 0.660. The number of aliphatic hydroxyl groups is 1. The minimum atomic E-state index is -1.03. The minimum Gasteiger partial charge on any atom is -0.467 e. The number of amides is 1. The van der Waals surface area contributed by atoms with E-state index in [1.165, 1.54) is 7.11 Å². The fraction of sp³-hybridized carbons (Fsp3) is 0.364. The molecule has 1 aromatic heterocycles. The molecule has 0 saturated heterocycles. The zero-order chi connectivity index (χ0) is 12.7. The Balaban J connectivity index is 2.51. The van der Waals surface area contributed by atoms with Crippen LogP contribution in [-0.4, -0.2) is 41.7 Å². The molecule has 6 heteroatoms. The van der Waals surface area contributed by atoms with Gasteiger partial charge in [-0.05, 0) is 12.1 Å². The third-order valence-electron chi connectivity index (χ3n) is 2.07. The summed E-state index contributed by atoms with van der Waals surface area (Å²) in [7, 11) is 1.19. The van der Waals surface area contributed by atoms with Crippen LogP contribution in [0.5, 0.6) is 0 Å². The molecule has 0 aliphatic rings. The molecular weight excluding hydrogens is 224 g/mol. The Kier molecular flexibility index (Phi) is 5.09. The van der Waals surface area contributed by atoms with Crippen molar-refractivity contribution < 1.29 is 19.4 Å². The second-order valence-electron chi connectivity index (χ2n) is 3.32. The topological polar surface area (TPSA) is 88.5 Å². The molecule has 92 valence electrons. The summed E-state index contributed by atoms with van der Waals surface area (Å²) in [5, 5.41) is 11.3. The summed E-state index contributed by atoms with van der Waals surface area (Å²) in [5.74, 6) is -1.07. The number of hydrogen-bond acceptors (Lipinski definition) is 5. The zero-order valence-electron chi connectivity index (χ0n) is 9.42. The van der Waals surface area contributed by atoms with Gasteiger partial charge in [0.25, 0.3) is 0 Å². The van der Waals surface area contributed by atoms with E-state index in [1.807, 2.05) is 0 Å². The first-order valence-corrected chi connectivity index (χ1v) is 5.05. The zero-order valence-corrected chi connectivity index (χ0v) is 9.42. The second kappa shape index (κ2) is 6.59. The molecule has 0 radical (unpaired) electrons. The Morgan fingerprint density at radius 3 is 2.82 bits per heavy atom. The van der Waals surface area contributed by atoms with Gasteiger partial charge in [-0.1, -0.05) is 6.07 Å². The van der Waals surface area contributed by atoms with Gasteiger partial charge in [0.05, 0.1) is 20.1 Å². The molecule has 1 atom stereocenters. The first-order valence-electron chi connectivity index (χ1n) is 5.05. The van der Waals surface area contributed by atoms with Crippen LogP contribution >= 0.6 is 0 Å². The van der Waals surface area contributed by atoms with Crippen molar-refractivity contribution in [2.75, 3.05) is 13.7 Å². The Hall–Kier alpha value is -1.95. The highest BCUT2D eigenvalue weighted by Crippen LogP contribution is 1.95. The molecule has 1 unspecified atom stereocenters. The average Bonchev–Trinajstić information content (AvgIpc) is 2.36. The summed E-state index contributed by atoms with van der Waals surface area (Å²) in [5.41, 5.74) is 0.589. The van der Waals surface area contributed by atoms with Gasteiger partial charge in [-0.3, -0.25) is 9.78 Å². The average molecular weight is 238 g/mol. The van der Waals surface area contributed by atoms with E-state index in [0.29, 0.717) is 5.69 Å². The number of ether oxygens (including phenoxy) is 1. The number of carbonyl (C=O) groups is 2. The smallest absolute Gasteiger partial charge is 0.330 e. The molecule has 0 aromatic carbocycles. The molecule has 0 bridgehead atoms. The highest BCUT2D eigenvalue weighted by molar-refractivity contribution is 5.85. The van der Waals surface area contributed by atoms with Gasteiger partial charge in [-0.25, -0.2) is 4.79 Å². The normalized spacial score (nSPS) is 11.6. The molecular formula is C11H14N2O4. The van der Waals surface area contributed by atoms with Gasteiger partial charge >= 0.3 is 5.97 Å². The third-order valence-corrected chi connectivity index (χ3v) is 2.07. The van der Waals surface area contributed by atoms with Crippen LogP contribution in [0.4, 0.5) is 0 Å². The Morgan fingerprint density at radius 2 is 2.29 bits per heavy atom. The number of esters is 1. The van der Waals surface area contributed by atoms with Crippen molar-refractivity contribution in [2.45, 2.75) is 12.5 Å². The monoisotopic (exact) mass is 238 g/mol. The van der Waals surface area contributed by atoms with Crippen LogP contribution in [0.2, 0.25) is 0 Å². The third kappa shape index (κ3) is 4.20. The molecule has 0 spiro atoms. The minimum absolute atomic E-state index is 0.0499. The molecule has 2 N–H and O–H groups in total. The Labute approximate surface area is 98.6 Å². The fourth-order valence-electron chi connectivity index (χ4n) is 1.23. The summed E-state index contributed by atoms with van der Waals surface area (Å²) >= 11 is 0. The van der Waals surface area contributed by atoms with Gasteiger partial charge in [0, 0.05) is 11.9 Å². The number of aromatic nitrogens is 1. The summed E-state index contributed by atoms with van der Waals surface area (Å²) in [4.78, 5) is 26.6. The number of nitrogens with one attached hydrogen (secondary N) is 1. The van der Waals surface area contributed by atoms with Crippen molar-refractivity contribution in [2.24, 2.45) is 0 Å². The van der Waals surface area contributed by atoms with E-state index in [4.69, 9.17) is 5.11 Å². The highest BCUT2D eigenvalue weighted by atomic mass is 16.5. The maximum absolute atomic E-state index is 11.5. The van der Waals surface area contributed by atoms with Crippen molar-refractivity contribution in [1.29, 1.82) is 0 Å². The molecule has 0 aliphatic carbocycles. The van der Waals surface area contributed by atoms with E-state index in [9.17, 15) is 9.59 Å². The van der Waals surface area contributed by atoms with Crippen LogP contribution in [0.15, 0.2) is 24.4 Å². The SMILES string of the molecule is COC(=O)C(CO)NC(=O)Cc1ccccn1. The molecule has 0 saturated carbocycles.